The third-order valence-corrected chi connectivity index (χ3v) is 2.81. The minimum Gasteiger partial charge on any atom is -0.693 e. The molecule has 2 rings (SSSR count). The molecule has 0 saturated heterocycles. The van der Waals surface area contributed by atoms with Crippen LogP contribution in [-0.4, -0.2) is 21.0 Å². The summed E-state index contributed by atoms with van der Waals surface area (Å²) in [6.45, 7) is 11.9. The monoisotopic (exact) mass is 842 g/mol. The van der Waals surface area contributed by atoms with Crippen molar-refractivity contribution in [1.82, 2.24) is 0 Å². The summed E-state index contributed by atoms with van der Waals surface area (Å²) < 4.78 is 0. The van der Waals surface area contributed by atoms with Crippen LogP contribution in [0.2, 0.25) is 0 Å². The molecule has 4 nitrogen and oxygen atoms in total. The maximum Gasteiger partial charge on any atom is 0.252 e. The summed E-state index contributed by atoms with van der Waals surface area (Å²) in [6, 6.07) is 14.1. The summed E-state index contributed by atoms with van der Waals surface area (Å²) in [5, 5.41) is -0.403. The number of hydrogen-bond acceptors (Lipinski definition) is 2. The van der Waals surface area contributed by atoms with Crippen molar-refractivity contribution in [2.75, 3.05) is 9.86 Å². The largest absolute Gasteiger partial charge is 0.693 e. The molecule has 0 spiro atoms. The SMILES string of the molecule is C.CC.CC.CI.CI.Cc1ccc(C(=O)Cl)cc1.Cc1ccc(C([NH-])=O)cc1.[NH2-].[Y].[Y]. The van der Waals surface area contributed by atoms with Crippen LogP contribution in [0.15, 0.2) is 48.5 Å². The molecule has 0 bridgehead atoms. The van der Waals surface area contributed by atoms with Gasteiger partial charge < -0.3 is 16.7 Å². The van der Waals surface area contributed by atoms with E-state index in [0.29, 0.717) is 11.1 Å². The van der Waals surface area contributed by atoms with Crippen molar-refractivity contribution in [2.24, 2.45) is 0 Å². The van der Waals surface area contributed by atoms with E-state index in [1.165, 1.54) is 0 Å². The number of benzene rings is 2. The molecule has 0 heterocycles. The second-order valence-electron chi connectivity index (χ2n) is 4.33. The Hall–Kier alpha value is 1.50. The number of nitrogens with two attached hydrogens (primary N) is 1. The Morgan fingerprint density at radius 2 is 0.906 bits per heavy atom. The van der Waals surface area contributed by atoms with Gasteiger partial charge >= 0.3 is 0 Å². The predicted octanol–water partition coefficient (Wildman–Crippen LogP) is 10.1. The van der Waals surface area contributed by atoms with Gasteiger partial charge in [0.15, 0.2) is 0 Å². The molecule has 0 aromatic heterocycles. The number of alkyl halides is 2. The third-order valence-electron chi connectivity index (χ3n) is 2.59. The molecule has 0 aliphatic carbocycles. The van der Waals surface area contributed by atoms with Crippen molar-refractivity contribution in [3.63, 3.8) is 0 Å². The first-order valence-corrected chi connectivity index (χ1v) is 13.4. The number of halogens is 3. The predicted molar refractivity (Wildman–Crippen MR) is 156 cm³/mol. The number of hydrogen-bond donors (Lipinski definition) is 0. The van der Waals surface area contributed by atoms with Crippen LogP contribution >= 0.6 is 56.8 Å². The average molecular weight is 843 g/mol. The quantitative estimate of drug-likeness (QED) is 0.171. The third kappa shape index (κ3) is 33.7. The van der Waals surface area contributed by atoms with Gasteiger partial charge in [-0.1, -0.05) is 128 Å². The van der Waals surface area contributed by atoms with E-state index in [-0.39, 0.29) is 79.0 Å². The summed E-state index contributed by atoms with van der Waals surface area (Å²) in [7, 11) is 0. The molecule has 1 amide bonds. The van der Waals surface area contributed by atoms with Gasteiger partial charge in [-0.3, -0.25) is 4.79 Å². The van der Waals surface area contributed by atoms with Gasteiger partial charge in [-0.15, -0.1) is 0 Å². The number of carbonyl (C=O) groups excluding carboxylic acids is 2. The van der Waals surface area contributed by atoms with Crippen molar-refractivity contribution in [3.05, 3.63) is 82.7 Å². The molecule has 3 N–H and O–H groups in total. The second kappa shape index (κ2) is 42.6. The van der Waals surface area contributed by atoms with Gasteiger partial charge in [0.05, 0.1) is 5.91 Å². The number of amides is 1. The molecule has 0 unspecified atom stereocenters. The molecule has 9 heteroatoms. The average Bonchev–Trinajstić information content (AvgIpc) is 2.75. The molecule has 0 atom stereocenters. The summed E-state index contributed by atoms with van der Waals surface area (Å²) in [6.07, 6.45) is 0. The van der Waals surface area contributed by atoms with Crippen LogP contribution in [0.4, 0.5) is 0 Å². The van der Waals surface area contributed by atoms with E-state index in [1.807, 2.05) is 75.7 Å². The maximum atomic E-state index is 10.5. The van der Waals surface area contributed by atoms with Crippen LogP contribution in [0, 0.1) is 13.8 Å². The summed E-state index contributed by atoms with van der Waals surface area (Å²) in [5.41, 5.74) is 9.98. The molecule has 32 heavy (non-hydrogen) atoms. The molecule has 0 fully saturated rings. The zero-order valence-corrected chi connectivity index (χ0v) is 30.5. The van der Waals surface area contributed by atoms with Crippen molar-refractivity contribution in [2.45, 2.75) is 49.0 Å². The molecular weight excluding hydrogens is 803 g/mol. The topological polar surface area (TPSA) is 91.4 Å². The van der Waals surface area contributed by atoms with Crippen molar-refractivity contribution in [3.8, 4) is 0 Å². The van der Waals surface area contributed by atoms with Crippen LogP contribution in [0.25, 0.3) is 11.9 Å². The van der Waals surface area contributed by atoms with E-state index < -0.39 is 11.1 Å². The van der Waals surface area contributed by atoms with Gasteiger partial charge in [0.1, 0.15) is 0 Å². The number of rotatable bonds is 2. The number of carbonyl (C=O) groups is 2. The normalized spacial score (nSPS) is 6.59. The fraction of sp³-hybridized carbons (Fsp3) is 0.391. The van der Waals surface area contributed by atoms with Crippen molar-refractivity contribution < 1.29 is 75.0 Å². The van der Waals surface area contributed by atoms with E-state index >= 15 is 0 Å². The first-order chi connectivity index (χ1) is 13.4. The van der Waals surface area contributed by atoms with Gasteiger partial charge in [0.2, 0.25) is 0 Å². The number of nitrogens with one attached hydrogen (secondary N) is 1. The molecule has 182 valence electrons. The van der Waals surface area contributed by atoms with Gasteiger partial charge in [0.25, 0.3) is 5.24 Å². The molecule has 2 aromatic rings. The van der Waals surface area contributed by atoms with Gasteiger partial charge in [-0.2, -0.15) is 0 Å². The summed E-state index contributed by atoms with van der Waals surface area (Å²) >= 11 is 9.52. The van der Waals surface area contributed by atoms with E-state index in [4.69, 9.17) is 17.3 Å². The van der Waals surface area contributed by atoms with Crippen molar-refractivity contribution in [1.29, 1.82) is 0 Å². The minimum absolute atomic E-state index is 0. The van der Waals surface area contributed by atoms with Gasteiger partial charge in [-0.05, 0) is 53.0 Å². The van der Waals surface area contributed by atoms with Gasteiger partial charge in [0, 0.05) is 71.0 Å². The molecular formula is C23H39ClI2N2O2Y2-2. The number of aryl methyl sites for hydroxylation is 2. The van der Waals surface area contributed by atoms with Crippen LogP contribution in [0.3, 0.4) is 0 Å². The Balaban J connectivity index is -0.0000000417. The molecule has 0 saturated carbocycles. The van der Waals surface area contributed by atoms with E-state index in [2.05, 4.69) is 45.2 Å². The Morgan fingerprint density at radius 1 is 0.688 bits per heavy atom. The fourth-order valence-corrected chi connectivity index (χ4v) is 1.52. The fourth-order valence-electron chi connectivity index (χ4n) is 1.39. The van der Waals surface area contributed by atoms with Crippen LogP contribution in [0.1, 0.15) is 67.0 Å². The Labute approximate surface area is 280 Å². The molecule has 2 aromatic carbocycles. The molecule has 0 aliphatic rings. The van der Waals surface area contributed by atoms with E-state index in [0.717, 1.165) is 11.1 Å². The van der Waals surface area contributed by atoms with Gasteiger partial charge in [-0.25, -0.2) is 0 Å². The van der Waals surface area contributed by atoms with E-state index in [1.54, 1.807) is 24.3 Å². The van der Waals surface area contributed by atoms with Crippen LogP contribution in [-0.2, 0) is 65.4 Å². The molecule has 2 radical (unpaired) electrons. The standard InChI is InChI=1S/C8H7ClO.C8H9NO.2C2H6.2CH3I.CH4.H2N.2Y/c2*1-6-2-4-7(5-3-6)8(9)10;4*1-2;;;;/h2-5H,1H3;2-5H,1H3,(H2,9,10);2*1-2H3;2*1H3;1H4;1H2;;/q;;;;;;;-1;;/p-1. The molecule has 0 aliphatic heterocycles. The summed E-state index contributed by atoms with van der Waals surface area (Å²) in [4.78, 5) is 24.9. The first kappa shape index (κ1) is 54.4. The minimum atomic E-state index is -0.625. The first-order valence-electron chi connectivity index (χ1n) is 8.75. The zero-order chi connectivity index (χ0) is 23.1. The van der Waals surface area contributed by atoms with Crippen molar-refractivity contribution >= 4 is 67.9 Å². The van der Waals surface area contributed by atoms with Crippen LogP contribution in [0.5, 0.6) is 0 Å². The van der Waals surface area contributed by atoms with Crippen LogP contribution < -0.4 is 0 Å². The van der Waals surface area contributed by atoms with E-state index in [9.17, 15) is 9.59 Å². The Kier molecular flexibility index (Phi) is 72.5. The Morgan fingerprint density at radius 3 is 1.09 bits per heavy atom. The summed E-state index contributed by atoms with van der Waals surface area (Å²) in [5.74, 6) is -0.625. The zero-order valence-electron chi connectivity index (χ0n) is 19.8. The Bertz CT molecular complexity index is 561. The smallest absolute Gasteiger partial charge is 0.252 e. The maximum absolute atomic E-state index is 10.5. The second-order valence-corrected chi connectivity index (χ2v) is 4.68.